The number of carbonyl (C=O) groups is 1. The third-order valence-electron chi connectivity index (χ3n) is 4.24. The molecule has 0 radical (unpaired) electrons. The van der Waals surface area contributed by atoms with Crippen molar-refractivity contribution in [3.63, 3.8) is 0 Å². The molecule has 1 fully saturated rings. The largest absolute Gasteiger partial charge is 0.337 e. The number of nitrogens with one attached hydrogen (secondary N) is 1. The predicted octanol–water partition coefficient (Wildman–Crippen LogP) is 1.82. The maximum atomic E-state index is 12.6. The van der Waals surface area contributed by atoms with Gasteiger partial charge in [-0.05, 0) is 37.9 Å². The third-order valence-corrected chi connectivity index (χ3v) is 4.24. The molecule has 0 bridgehead atoms. The first kappa shape index (κ1) is 18.4. The van der Waals surface area contributed by atoms with Crippen LogP contribution in [0.15, 0.2) is 36.5 Å². The fourth-order valence-electron chi connectivity index (χ4n) is 3.11. The van der Waals surface area contributed by atoms with Crippen LogP contribution in [0, 0.1) is 5.92 Å². The number of nitrogens with zero attached hydrogens (tertiary/aromatic N) is 4. The van der Waals surface area contributed by atoms with Gasteiger partial charge in [-0.3, -0.25) is 4.79 Å². The van der Waals surface area contributed by atoms with Crippen LogP contribution < -0.4 is 5.32 Å². The number of likely N-dealkylation sites (tertiary alicyclic amines) is 1. The van der Waals surface area contributed by atoms with Crippen molar-refractivity contribution in [1.82, 2.24) is 25.2 Å². The number of hydrogen-bond acceptors (Lipinski definition) is 4. The second kappa shape index (κ2) is 8.80. The Kier molecular flexibility index (Phi) is 6.75. The van der Waals surface area contributed by atoms with Gasteiger partial charge in [0.15, 0.2) is 5.69 Å². The summed E-state index contributed by atoms with van der Waals surface area (Å²) in [4.78, 5) is 14.5. The molecule has 0 spiro atoms. The Morgan fingerprint density at radius 1 is 1.33 bits per heavy atom. The van der Waals surface area contributed by atoms with Crippen molar-refractivity contribution in [2.24, 2.45) is 5.92 Å². The summed E-state index contributed by atoms with van der Waals surface area (Å²) in [6.07, 6.45) is 3.97. The van der Waals surface area contributed by atoms with Crippen molar-refractivity contribution < 1.29 is 4.79 Å². The summed E-state index contributed by atoms with van der Waals surface area (Å²) in [5.41, 5.74) is 1.58. The molecule has 7 heteroatoms. The number of benzene rings is 1. The first-order valence-corrected chi connectivity index (χ1v) is 8.14. The lowest BCUT2D eigenvalue weighted by molar-refractivity contribution is 0.0668. The van der Waals surface area contributed by atoms with Gasteiger partial charge in [-0.15, -0.1) is 17.5 Å². The van der Waals surface area contributed by atoms with E-state index >= 15 is 0 Å². The van der Waals surface area contributed by atoms with Gasteiger partial charge < -0.3 is 10.2 Å². The number of hydrogen-bond donors (Lipinski definition) is 1. The predicted molar refractivity (Wildman–Crippen MR) is 95.4 cm³/mol. The molecule has 6 nitrogen and oxygen atoms in total. The van der Waals surface area contributed by atoms with Crippen LogP contribution in [0.1, 0.15) is 28.9 Å². The SMILES string of the molecule is CNCC1CCCN(C(=O)c2cn(Cc3ccccc3)nn2)C1.Cl. The van der Waals surface area contributed by atoms with Crippen LogP contribution in [0.4, 0.5) is 0 Å². The first-order valence-electron chi connectivity index (χ1n) is 8.14. The van der Waals surface area contributed by atoms with Crippen LogP contribution in [0.5, 0.6) is 0 Å². The Labute approximate surface area is 148 Å². The van der Waals surface area contributed by atoms with Gasteiger partial charge in [0.2, 0.25) is 0 Å². The van der Waals surface area contributed by atoms with Crippen molar-refractivity contribution in [3.8, 4) is 0 Å². The molecular weight excluding hydrogens is 326 g/mol. The van der Waals surface area contributed by atoms with Crippen LogP contribution in [0.2, 0.25) is 0 Å². The Bertz CT molecular complexity index is 643. The number of amides is 1. The highest BCUT2D eigenvalue weighted by Crippen LogP contribution is 2.17. The minimum atomic E-state index is -0.00915. The summed E-state index contributed by atoms with van der Waals surface area (Å²) in [6, 6.07) is 10.0. The minimum Gasteiger partial charge on any atom is -0.337 e. The van der Waals surface area contributed by atoms with E-state index in [0.29, 0.717) is 18.2 Å². The summed E-state index contributed by atoms with van der Waals surface area (Å²) < 4.78 is 1.72. The van der Waals surface area contributed by atoms with Crippen LogP contribution >= 0.6 is 12.4 Å². The molecule has 0 aliphatic carbocycles. The molecule has 130 valence electrons. The van der Waals surface area contributed by atoms with E-state index in [1.807, 2.05) is 42.3 Å². The number of halogens is 1. The second-order valence-electron chi connectivity index (χ2n) is 6.10. The van der Waals surface area contributed by atoms with Crippen LogP contribution in [-0.2, 0) is 6.54 Å². The zero-order chi connectivity index (χ0) is 16.1. The maximum absolute atomic E-state index is 12.6. The Hall–Kier alpha value is -1.92. The average Bonchev–Trinajstić information content (AvgIpc) is 3.04. The molecule has 1 aliphatic heterocycles. The number of carbonyl (C=O) groups excluding carboxylic acids is 1. The smallest absolute Gasteiger partial charge is 0.276 e. The van der Waals surface area contributed by atoms with Gasteiger partial charge in [-0.25, -0.2) is 4.68 Å². The maximum Gasteiger partial charge on any atom is 0.276 e. The highest BCUT2D eigenvalue weighted by molar-refractivity contribution is 5.92. The van der Waals surface area contributed by atoms with Crippen molar-refractivity contribution in [2.75, 3.05) is 26.7 Å². The van der Waals surface area contributed by atoms with Crippen LogP contribution in [0.25, 0.3) is 0 Å². The molecule has 2 heterocycles. The van der Waals surface area contributed by atoms with E-state index in [-0.39, 0.29) is 18.3 Å². The number of rotatable bonds is 5. The van der Waals surface area contributed by atoms with E-state index in [4.69, 9.17) is 0 Å². The standard InChI is InChI=1S/C17H23N5O.ClH/c1-18-10-15-8-5-9-21(11-15)17(23)16-13-22(20-19-16)12-14-6-3-2-4-7-14;/h2-4,6-7,13,15,18H,5,8-12H2,1H3;1H. The zero-order valence-corrected chi connectivity index (χ0v) is 14.7. The quantitative estimate of drug-likeness (QED) is 0.894. The Morgan fingerprint density at radius 3 is 2.88 bits per heavy atom. The molecule has 1 unspecified atom stereocenters. The fraction of sp³-hybridized carbons (Fsp3) is 0.471. The molecule has 1 amide bonds. The fourth-order valence-corrected chi connectivity index (χ4v) is 3.11. The monoisotopic (exact) mass is 349 g/mol. The molecule has 24 heavy (non-hydrogen) atoms. The van der Waals surface area contributed by atoms with Crippen molar-refractivity contribution in [3.05, 3.63) is 47.8 Å². The van der Waals surface area contributed by atoms with Gasteiger partial charge in [0.25, 0.3) is 5.91 Å². The number of piperidine rings is 1. The highest BCUT2D eigenvalue weighted by atomic mass is 35.5. The van der Waals surface area contributed by atoms with Gasteiger partial charge in [-0.2, -0.15) is 0 Å². The van der Waals surface area contributed by atoms with Gasteiger partial charge in [-0.1, -0.05) is 35.5 Å². The minimum absolute atomic E-state index is 0. The molecule has 1 atom stereocenters. The first-order chi connectivity index (χ1) is 11.3. The normalized spacial score (nSPS) is 17.4. The lowest BCUT2D eigenvalue weighted by Gasteiger charge is -2.32. The third kappa shape index (κ3) is 4.55. The summed E-state index contributed by atoms with van der Waals surface area (Å²) in [6.45, 7) is 3.18. The van der Waals surface area contributed by atoms with E-state index in [1.54, 1.807) is 10.9 Å². The summed E-state index contributed by atoms with van der Waals surface area (Å²) in [7, 11) is 1.95. The van der Waals surface area contributed by atoms with Crippen LogP contribution in [-0.4, -0.2) is 52.5 Å². The molecule has 1 aromatic heterocycles. The van der Waals surface area contributed by atoms with Gasteiger partial charge in [0, 0.05) is 13.1 Å². The van der Waals surface area contributed by atoms with Gasteiger partial charge in [0.05, 0.1) is 12.7 Å². The summed E-state index contributed by atoms with van der Waals surface area (Å²) >= 11 is 0. The Balaban J connectivity index is 0.00000208. The van der Waals surface area contributed by atoms with E-state index in [9.17, 15) is 4.79 Å². The average molecular weight is 350 g/mol. The molecule has 2 aromatic rings. The molecular formula is C17H24ClN5O. The van der Waals surface area contributed by atoms with Gasteiger partial charge in [0.1, 0.15) is 0 Å². The lowest BCUT2D eigenvalue weighted by atomic mass is 9.98. The summed E-state index contributed by atoms with van der Waals surface area (Å²) in [5, 5.41) is 11.4. The second-order valence-corrected chi connectivity index (χ2v) is 6.10. The molecule has 3 rings (SSSR count). The van der Waals surface area contributed by atoms with Crippen molar-refractivity contribution in [2.45, 2.75) is 19.4 Å². The molecule has 1 N–H and O–H groups in total. The molecule has 1 saturated heterocycles. The van der Waals surface area contributed by atoms with Crippen LogP contribution in [0.3, 0.4) is 0 Å². The zero-order valence-electron chi connectivity index (χ0n) is 13.9. The molecule has 1 aromatic carbocycles. The summed E-state index contributed by atoms with van der Waals surface area (Å²) in [5.74, 6) is 0.516. The number of aromatic nitrogens is 3. The van der Waals surface area contributed by atoms with Crippen molar-refractivity contribution in [1.29, 1.82) is 0 Å². The Morgan fingerprint density at radius 2 is 2.12 bits per heavy atom. The van der Waals surface area contributed by atoms with E-state index in [1.165, 1.54) is 6.42 Å². The topological polar surface area (TPSA) is 63.1 Å². The molecule has 0 saturated carbocycles. The lowest BCUT2D eigenvalue weighted by Crippen LogP contribution is -2.42. The van der Waals surface area contributed by atoms with E-state index in [2.05, 4.69) is 15.6 Å². The van der Waals surface area contributed by atoms with E-state index in [0.717, 1.165) is 31.6 Å². The molecule has 1 aliphatic rings. The van der Waals surface area contributed by atoms with Crippen molar-refractivity contribution >= 4 is 18.3 Å². The highest BCUT2D eigenvalue weighted by Gasteiger charge is 2.25. The van der Waals surface area contributed by atoms with Gasteiger partial charge >= 0.3 is 0 Å². The van der Waals surface area contributed by atoms with E-state index < -0.39 is 0 Å².